The Morgan fingerprint density at radius 2 is 1.53 bits per heavy atom. The molecule has 0 atom stereocenters. The van der Waals surface area contributed by atoms with E-state index in [1.54, 1.807) is 31.3 Å². The maximum absolute atomic E-state index is 12.3. The van der Waals surface area contributed by atoms with Gasteiger partial charge in [-0.05, 0) is 42.3 Å². The van der Waals surface area contributed by atoms with Crippen LogP contribution in [0.3, 0.4) is 0 Å². The van der Waals surface area contributed by atoms with Gasteiger partial charge in [-0.2, -0.15) is 0 Å². The van der Waals surface area contributed by atoms with Gasteiger partial charge in [-0.1, -0.05) is 24.3 Å². The van der Waals surface area contributed by atoms with Crippen LogP contribution in [-0.2, 0) is 32.2 Å². The molecular weight excluding hydrogens is 412 g/mol. The van der Waals surface area contributed by atoms with Crippen molar-refractivity contribution in [1.82, 2.24) is 9.80 Å². The summed E-state index contributed by atoms with van der Waals surface area (Å²) in [5, 5.41) is 0. The fraction of sp³-hybridized carbons (Fsp3) is 0.333. The SMILES string of the molecule is CCOc1ccc(CN(C)C(=O)COC(=O)c2ccc(CN3C(=O)CCC3=O)cc2)cc1. The molecular formula is C24H26N2O6. The van der Waals surface area contributed by atoms with E-state index in [9.17, 15) is 19.2 Å². The van der Waals surface area contributed by atoms with Crippen molar-refractivity contribution in [3.63, 3.8) is 0 Å². The van der Waals surface area contributed by atoms with Gasteiger partial charge in [0.1, 0.15) is 5.75 Å². The molecule has 1 saturated heterocycles. The molecule has 2 aromatic rings. The smallest absolute Gasteiger partial charge is 0.338 e. The van der Waals surface area contributed by atoms with Crippen molar-refractivity contribution in [2.24, 2.45) is 0 Å². The van der Waals surface area contributed by atoms with Crippen molar-refractivity contribution in [2.45, 2.75) is 32.9 Å². The molecule has 0 radical (unpaired) electrons. The number of benzene rings is 2. The van der Waals surface area contributed by atoms with Crippen LogP contribution in [0.4, 0.5) is 0 Å². The topological polar surface area (TPSA) is 93.2 Å². The van der Waals surface area contributed by atoms with Crippen LogP contribution in [0.15, 0.2) is 48.5 Å². The third kappa shape index (κ3) is 5.94. The molecule has 0 aliphatic carbocycles. The van der Waals surface area contributed by atoms with Crippen LogP contribution in [0.25, 0.3) is 0 Å². The zero-order valence-corrected chi connectivity index (χ0v) is 18.2. The molecule has 3 rings (SSSR count). The average Bonchev–Trinajstić information content (AvgIpc) is 3.11. The molecule has 1 fully saturated rings. The van der Waals surface area contributed by atoms with Crippen molar-refractivity contribution in [1.29, 1.82) is 0 Å². The van der Waals surface area contributed by atoms with Crippen LogP contribution in [0.5, 0.6) is 5.75 Å². The lowest BCUT2D eigenvalue weighted by molar-refractivity contribution is -0.139. The predicted octanol–water partition coefficient (Wildman–Crippen LogP) is 2.55. The van der Waals surface area contributed by atoms with E-state index in [0.29, 0.717) is 13.2 Å². The number of imide groups is 1. The lowest BCUT2D eigenvalue weighted by Crippen LogP contribution is -2.30. The van der Waals surface area contributed by atoms with E-state index < -0.39 is 5.97 Å². The molecule has 8 nitrogen and oxygen atoms in total. The summed E-state index contributed by atoms with van der Waals surface area (Å²) in [5.74, 6) is -0.552. The first kappa shape index (κ1) is 23.0. The van der Waals surface area contributed by atoms with Crippen LogP contribution in [0, 0.1) is 0 Å². The van der Waals surface area contributed by atoms with Gasteiger partial charge in [-0.3, -0.25) is 19.3 Å². The Morgan fingerprint density at radius 3 is 2.12 bits per heavy atom. The van der Waals surface area contributed by atoms with Crippen molar-refractivity contribution < 1.29 is 28.7 Å². The minimum atomic E-state index is -0.618. The highest BCUT2D eigenvalue weighted by atomic mass is 16.5. The van der Waals surface area contributed by atoms with Gasteiger partial charge in [-0.15, -0.1) is 0 Å². The molecule has 1 heterocycles. The minimum Gasteiger partial charge on any atom is -0.494 e. The Labute approximate surface area is 186 Å². The monoisotopic (exact) mass is 438 g/mol. The molecule has 0 aromatic heterocycles. The van der Waals surface area contributed by atoms with Crippen LogP contribution < -0.4 is 4.74 Å². The molecule has 0 spiro atoms. The van der Waals surface area contributed by atoms with Crippen molar-refractivity contribution >= 4 is 23.7 Å². The normalized spacial score (nSPS) is 13.2. The summed E-state index contributed by atoms with van der Waals surface area (Å²) in [4.78, 5) is 50.7. The number of likely N-dealkylation sites (N-methyl/N-ethyl adjacent to an activating group) is 1. The Hall–Kier alpha value is -3.68. The van der Waals surface area contributed by atoms with E-state index in [1.807, 2.05) is 31.2 Å². The van der Waals surface area contributed by atoms with Gasteiger partial charge in [0.05, 0.1) is 18.7 Å². The first-order valence-electron chi connectivity index (χ1n) is 10.4. The Balaban J connectivity index is 1.47. The standard InChI is InChI=1S/C24H26N2O6/c1-3-31-20-10-6-17(7-11-20)14-25(2)23(29)16-32-24(30)19-8-4-18(5-9-19)15-26-21(27)12-13-22(26)28/h4-11H,3,12-16H2,1-2H3. The van der Waals surface area contributed by atoms with Crippen molar-refractivity contribution in [3.8, 4) is 5.75 Å². The van der Waals surface area contributed by atoms with Crippen LogP contribution in [-0.4, -0.2) is 53.8 Å². The maximum atomic E-state index is 12.3. The summed E-state index contributed by atoms with van der Waals surface area (Å²) in [6, 6.07) is 13.9. The molecule has 3 amide bonds. The Bertz CT molecular complexity index is 969. The van der Waals surface area contributed by atoms with Gasteiger partial charge in [0, 0.05) is 26.4 Å². The number of ether oxygens (including phenoxy) is 2. The zero-order chi connectivity index (χ0) is 23.1. The molecule has 168 valence electrons. The van der Waals surface area contributed by atoms with Gasteiger partial charge in [0.15, 0.2) is 6.61 Å². The van der Waals surface area contributed by atoms with Gasteiger partial charge >= 0.3 is 5.97 Å². The van der Waals surface area contributed by atoms with Crippen LogP contribution in [0.2, 0.25) is 0 Å². The van der Waals surface area contributed by atoms with Gasteiger partial charge in [0.2, 0.25) is 11.8 Å². The predicted molar refractivity (Wildman–Crippen MR) is 116 cm³/mol. The Kier molecular flexibility index (Phi) is 7.59. The number of hydrogen-bond donors (Lipinski definition) is 0. The number of carbonyl (C=O) groups is 4. The van der Waals surface area contributed by atoms with E-state index in [4.69, 9.17) is 9.47 Å². The molecule has 1 aliphatic heterocycles. The first-order chi connectivity index (χ1) is 15.4. The molecule has 0 bridgehead atoms. The van der Waals surface area contributed by atoms with Gasteiger partial charge < -0.3 is 14.4 Å². The molecule has 32 heavy (non-hydrogen) atoms. The van der Waals surface area contributed by atoms with E-state index in [1.165, 1.54) is 9.80 Å². The largest absolute Gasteiger partial charge is 0.494 e. The van der Waals surface area contributed by atoms with Crippen LogP contribution in [0.1, 0.15) is 41.3 Å². The summed E-state index contributed by atoms with van der Waals surface area (Å²) in [5.41, 5.74) is 1.95. The summed E-state index contributed by atoms with van der Waals surface area (Å²) < 4.78 is 10.5. The lowest BCUT2D eigenvalue weighted by atomic mass is 10.1. The summed E-state index contributed by atoms with van der Waals surface area (Å²) in [6.07, 6.45) is 0.481. The van der Waals surface area contributed by atoms with E-state index >= 15 is 0 Å². The van der Waals surface area contributed by atoms with Gasteiger partial charge in [0.25, 0.3) is 5.91 Å². The first-order valence-corrected chi connectivity index (χ1v) is 10.4. The van der Waals surface area contributed by atoms with E-state index in [2.05, 4.69) is 0 Å². The van der Waals surface area contributed by atoms with Crippen molar-refractivity contribution in [3.05, 3.63) is 65.2 Å². The quantitative estimate of drug-likeness (QED) is 0.441. The highest BCUT2D eigenvalue weighted by Crippen LogP contribution is 2.17. The number of amides is 3. The third-order valence-corrected chi connectivity index (χ3v) is 5.09. The number of hydrogen-bond acceptors (Lipinski definition) is 6. The molecule has 0 unspecified atom stereocenters. The molecule has 2 aromatic carbocycles. The second-order valence-corrected chi connectivity index (χ2v) is 7.47. The summed E-state index contributed by atoms with van der Waals surface area (Å²) in [6.45, 7) is 2.69. The fourth-order valence-corrected chi connectivity index (χ4v) is 3.27. The van der Waals surface area contributed by atoms with Crippen LogP contribution >= 0.6 is 0 Å². The molecule has 0 saturated carbocycles. The average molecular weight is 438 g/mol. The summed E-state index contributed by atoms with van der Waals surface area (Å²) >= 11 is 0. The molecule has 8 heteroatoms. The number of rotatable bonds is 9. The second-order valence-electron chi connectivity index (χ2n) is 7.47. The zero-order valence-electron chi connectivity index (χ0n) is 18.2. The third-order valence-electron chi connectivity index (χ3n) is 5.09. The molecule has 0 N–H and O–H groups in total. The number of nitrogens with zero attached hydrogens (tertiary/aromatic N) is 2. The van der Waals surface area contributed by atoms with E-state index in [-0.39, 0.29) is 49.3 Å². The Morgan fingerprint density at radius 1 is 0.938 bits per heavy atom. The highest BCUT2D eigenvalue weighted by molar-refractivity contribution is 6.01. The van der Waals surface area contributed by atoms with Crippen molar-refractivity contribution in [2.75, 3.05) is 20.3 Å². The lowest BCUT2D eigenvalue weighted by Gasteiger charge is -2.17. The highest BCUT2D eigenvalue weighted by Gasteiger charge is 2.28. The second kappa shape index (κ2) is 10.6. The number of carbonyl (C=O) groups excluding carboxylic acids is 4. The van der Waals surface area contributed by atoms with Gasteiger partial charge in [-0.25, -0.2) is 4.79 Å². The summed E-state index contributed by atoms with van der Waals surface area (Å²) in [7, 11) is 1.64. The van der Waals surface area contributed by atoms with E-state index in [0.717, 1.165) is 16.9 Å². The molecule has 1 aliphatic rings. The minimum absolute atomic E-state index is 0.182. The number of likely N-dealkylation sites (tertiary alicyclic amines) is 1. The number of esters is 1. The fourth-order valence-electron chi connectivity index (χ4n) is 3.27. The maximum Gasteiger partial charge on any atom is 0.338 e.